The van der Waals surface area contributed by atoms with E-state index in [0.717, 1.165) is 38.5 Å². The average molecular weight is 438 g/mol. The minimum absolute atomic E-state index is 0.0711. The van der Waals surface area contributed by atoms with Gasteiger partial charge in [-0.3, -0.25) is 9.59 Å². The summed E-state index contributed by atoms with van der Waals surface area (Å²) in [4.78, 5) is 24.9. The largest absolute Gasteiger partial charge is 0.346 e. The lowest BCUT2D eigenvalue weighted by Gasteiger charge is -2.17. The van der Waals surface area contributed by atoms with Gasteiger partial charge in [-0.15, -0.1) is 0 Å². The number of amides is 1. The standard InChI is InChI=1S/C28H55NO2/c1-4-7-9-11-13-15-17-19-21-24-27(30)26(23-6-3)29-28(31)25-22-20-18-16-14-12-10-8-5-2/h26H,4-25H2,1-3H3,(H,29,31). The van der Waals surface area contributed by atoms with Gasteiger partial charge < -0.3 is 5.32 Å². The zero-order valence-electron chi connectivity index (χ0n) is 21.5. The Morgan fingerprint density at radius 2 is 0.903 bits per heavy atom. The second-order valence-electron chi connectivity index (χ2n) is 9.53. The third-order valence-corrected chi connectivity index (χ3v) is 6.34. The van der Waals surface area contributed by atoms with Crippen molar-refractivity contribution in [2.75, 3.05) is 0 Å². The van der Waals surface area contributed by atoms with E-state index in [1.165, 1.54) is 89.9 Å². The van der Waals surface area contributed by atoms with Crippen molar-refractivity contribution in [2.24, 2.45) is 0 Å². The van der Waals surface area contributed by atoms with Crippen molar-refractivity contribution in [1.29, 1.82) is 0 Å². The van der Waals surface area contributed by atoms with E-state index in [-0.39, 0.29) is 17.7 Å². The summed E-state index contributed by atoms with van der Waals surface area (Å²) >= 11 is 0. The smallest absolute Gasteiger partial charge is 0.220 e. The Morgan fingerprint density at radius 3 is 1.32 bits per heavy atom. The maximum atomic E-state index is 12.6. The fraction of sp³-hybridized carbons (Fsp3) is 0.929. The molecule has 0 aromatic heterocycles. The highest BCUT2D eigenvalue weighted by molar-refractivity contribution is 5.88. The van der Waals surface area contributed by atoms with Crippen LogP contribution >= 0.6 is 0 Å². The molecule has 1 N–H and O–H groups in total. The second-order valence-corrected chi connectivity index (χ2v) is 9.53. The van der Waals surface area contributed by atoms with Crippen LogP contribution < -0.4 is 5.32 Å². The van der Waals surface area contributed by atoms with Crippen LogP contribution in [-0.4, -0.2) is 17.7 Å². The van der Waals surface area contributed by atoms with Gasteiger partial charge in [-0.2, -0.15) is 0 Å². The number of hydrogen-bond donors (Lipinski definition) is 1. The molecule has 0 fully saturated rings. The zero-order valence-corrected chi connectivity index (χ0v) is 21.5. The van der Waals surface area contributed by atoms with Gasteiger partial charge in [-0.25, -0.2) is 0 Å². The summed E-state index contributed by atoms with van der Waals surface area (Å²) < 4.78 is 0. The molecule has 0 heterocycles. The van der Waals surface area contributed by atoms with E-state index in [4.69, 9.17) is 0 Å². The third kappa shape index (κ3) is 20.8. The van der Waals surface area contributed by atoms with Crippen LogP contribution in [0.1, 0.15) is 162 Å². The summed E-state index contributed by atoms with van der Waals surface area (Å²) in [7, 11) is 0. The third-order valence-electron chi connectivity index (χ3n) is 6.34. The summed E-state index contributed by atoms with van der Waals surface area (Å²) in [6, 6.07) is -0.259. The summed E-state index contributed by atoms with van der Waals surface area (Å²) in [5, 5.41) is 3.04. The molecule has 0 radical (unpaired) electrons. The van der Waals surface area contributed by atoms with Crippen LogP contribution in [0.25, 0.3) is 0 Å². The molecule has 1 atom stereocenters. The monoisotopic (exact) mass is 437 g/mol. The number of rotatable bonds is 24. The molecule has 0 aliphatic heterocycles. The topological polar surface area (TPSA) is 46.2 Å². The first kappa shape index (κ1) is 30.1. The van der Waals surface area contributed by atoms with Crippen molar-refractivity contribution in [2.45, 2.75) is 168 Å². The molecule has 1 amide bonds. The quantitative estimate of drug-likeness (QED) is 0.153. The van der Waals surface area contributed by atoms with Crippen molar-refractivity contribution in [3.05, 3.63) is 0 Å². The van der Waals surface area contributed by atoms with Gasteiger partial charge in [0.1, 0.15) is 0 Å². The van der Waals surface area contributed by atoms with Gasteiger partial charge in [0.2, 0.25) is 5.91 Å². The predicted molar refractivity (Wildman–Crippen MR) is 136 cm³/mol. The van der Waals surface area contributed by atoms with E-state index in [9.17, 15) is 9.59 Å². The van der Waals surface area contributed by atoms with Gasteiger partial charge in [-0.1, -0.05) is 130 Å². The number of hydrogen-bond acceptors (Lipinski definition) is 2. The van der Waals surface area contributed by atoms with Crippen molar-refractivity contribution >= 4 is 11.7 Å². The average Bonchev–Trinajstić information content (AvgIpc) is 2.76. The molecule has 0 bridgehead atoms. The number of carbonyl (C=O) groups excluding carboxylic acids is 2. The molecule has 0 aromatic rings. The Hall–Kier alpha value is -0.860. The van der Waals surface area contributed by atoms with E-state index in [0.29, 0.717) is 12.8 Å². The van der Waals surface area contributed by atoms with E-state index < -0.39 is 0 Å². The number of Topliss-reactive ketones (excluding diaryl/α,β-unsaturated/α-hetero) is 1. The SMILES string of the molecule is CCCCCCCCCCCC(=O)NC(CCC)C(=O)CCCCCCCCCCC. The van der Waals surface area contributed by atoms with Crippen LogP contribution in [0.4, 0.5) is 0 Å². The van der Waals surface area contributed by atoms with Crippen molar-refractivity contribution in [1.82, 2.24) is 5.32 Å². The molecule has 184 valence electrons. The van der Waals surface area contributed by atoms with Crippen molar-refractivity contribution in [3.8, 4) is 0 Å². The summed E-state index contributed by atoms with van der Waals surface area (Å²) in [6.45, 7) is 6.59. The minimum Gasteiger partial charge on any atom is -0.346 e. The molecule has 0 aromatic carbocycles. The van der Waals surface area contributed by atoms with Crippen LogP contribution in [0, 0.1) is 0 Å². The molecular formula is C28H55NO2. The van der Waals surface area contributed by atoms with E-state index in [1.54, 1.807) is 0 Å². The Morgan fingerprint density at radius 1 is 0.516 bits per heavy atom. The van der Waals surface area contributed by atoms with Crippen LogP contribution in [0.2, 0.25) is 0 Å². The minimum atomic E-state index is -0.259. The predicted octanol–water partition coefficient (Wildman–Crippen LogP) is 8.68. The first-order valence-electron chi connectivity index (χ1n) is 14.0. The molecule has 0 saturated carbocycles. The molecule has 0 rings (SSSR count). The van der Waals surface area contributed by atoms with Crippen LogP contribution in [0.15, 0.2) is 0 Å². The number of carbonyl (C=O) groups is 2. The molecule has 0 aliphatic carbocycles. The molecule has 31 heavy (non-hydrogen) atoms. The molecular weight excluding hydrogens is 382 g/mol. The van der Waals surface area contributed by atoms with Gasteiger partial charge >= 0.3 is 0 Å². The Labute approximate surface area is 194 Å². The first-order valence-corrected chi connectivity index (χ1v) is 14.0. The summed E-state index contributed by atoms with van der Waals surface area (Å²) in [5.41, 5.74) is 0. The van der Waals surface area contributed by atoms with Gasteiger partial charge in [-0.05, 0) is 19.3 Å². The van der Waals surface area contributed by atoms with E-state index in [1.807, 2.05) is 0 Å². The summed E-state index contributed by atoms with van der Waals surface area (Å²) in [6.07, 6.45) is 25.6. The fourth-order valence-corrected chi connectivity index (χ4v) is 4.25. The first-order chi connectivity index (χ1) is 15.2. The molecule has 0 saturated heterocycles. The van der Waals surface area contributed by atoms with Gasteiger partial charge in [0.25, 0.3) is 0 Å². The Balaban J connectivity index is 3.79. The highest BCUT2D eigenvalue weighted by Crippen LogP contribution is 2.13. The van der Waals surface area contributed by atoms with Crippen molar-refractivity contribution < 1.29 is 9.59 Å². The van der Waals surface area contributed by atoms with E-state index >= 15 is 0 Å². The maximum Gasteiger partial charge on any atom is 0.220 e. The number of nitrogens with one attached hydrogen (secondary N) is 1. The normalized spacial score (nSPS) is 12.1. The molecule has 3 heteroatoms. The lowest BCUT2D eigenvalue weighted by atomic mass is 10.00. The fourth-order valence-electron chi connectivity index (χ4n) is 4.25. The Bertz CT molecular complexity index is 408. The summed E-state index contributed by atoms with van der Waals surface area (Å²) in [5.74, 6) is 0.312. The lowest BCUT2D eigenvalue weighted by molar-refractivity contribution is -0.128. The maximum absolute atomic E-state index is 12.6. The highest BCUT2D eigenvalue weighted by atomic mass is 16.2. The van der Waals surface area contributed by atoms with Crippen molar-refractivity contribution in [3.63, 3.8) is 0 Å². The molecule has 1 unspecified atom stereocenters. The number of ketones is 1. The zero-order chi connectivity index (χ0) is 23.0. The molecule has 0 spiro atoms. The van der Waals surface area contributed by atoms with Gasteiger partial charge in [0.15, 0.2) is 5.78 Å². The van der Waals surface area contributed by atoms with Crippen LogP contribution in [0.3, 0.4) is 0 Å². The van der Waals surface area contributed by atoms with Crippen LogP contribution in [0.5, 0.6) is 0 Å². The van der Waals surface area contributed by atoms with Gasteiger partial charge in [0.05, 0.1) is 6.04 Å². The highest BCUT2D eigenvalue weighted by Gasteiger charge is 2.19. The lowest BCUT2D eigenvalue weighted by Crippen LogP contribution is -2.40. The molecule has 0 aliphatic rings. The number of unbranched alkanes of at least 4 members (excludes halogenated alkanes) is 16. The Kier molecular flexibility index (Phi) is 23.1. The van der Waals surface area contributed by atoms with Gasteiger partial charge in [0, 0.05) is 12.8 Å². The van der Waals surface area contributed by atoms with Crippen LogP contribution in [-0.2, 0) is 9.59 Å². The second kappa shape index (κ2) is 23.8. The van der Waals surface area contributed by atoms with E-state index in [2.05, 4.69) is 26.1 Å². The molecule has 3 nitrogen and oxygen atoms in total.